The Morgan fingerprint density at radius 3 is 2.54 bits per heavy atom. The lowest BCUT2D eigenvalue weighted by atomic mass is 9.82. The second-order valence-electron chi connectivity index (χ2n) is 3.86. The predicted octanol–water partition coefficient (Wildman–Crippen LogP) is 1.35. The van der Waals surface area contributed by atoms with E-state index in [2.05, 4.69) is 4.74 Å². The van der Waals surface area contributed by atoms with Crippen LogP contribution in [-0.4, -0.2) is 23.8 Å². The first kappa shape index (κ1) is 10.5. The van der Waals surface area contributed by atoms with Gasteiger partial charge in [0.2, 0.25) is 0 Å². The van der Waals surface area contributed by atoms with Crippen molar-refractivity contribution in [2.75, 3.05) is 7.11 Å². The SMILES string of the molecule is CCC(O)(C1CC1)C(C)C(=O)OC. The van der Waals surface area contributed by atoms with E-state index in [9.17, 15) is 9.90 Å². The number of carbonyl (C=O) groups is 1. The summed E-state index contributed by atoms with van der Waals surface area (Å²) in [6.07, 6.45) is 2.69. The van der Waals surface area contributed by atoms with Crippen LogP contribution in [0.25, 0.3) is 0 Å². The average molecular weight is 186 g/mol. The van der Waals surface area contributed by atoms with Gasteiger partial charge in [0.15, 0.2) is 0 Å². The highest BCUT2D eigenvalue weighted by atomic mass is 16.5. The van der Waals surface area contributed by atoms with Crippen LogP contribution in [-0.2, 0) is 9.53 Å². The molecule has 76 valence electrons. The molecule has 1 aliphatic carbocycles. The summed E-state index contributed by atoms with van der Waals surface area (Å²) in [6, 6.07) is 0. The van der Waals surface area contributed by atoms with Crippen LogP contribution >= 0.6 is 0 Å². The Hall–Kier alpha value is -0.570. The summed E-state index contributed by atoms with van der Waals surface area (Å²) in [5.74, 6) is -0.419. The largest absolute Gasteiger partial charge is 0.469 e. The maximum absolute atomic E-state index is 11.3. The number of methoxy groups -OCH3 is 1. The van der Waals surface area contributed by atoms with E-state index in [1.165, 1.54) is 7.11 Å². The minimum Gasteiger partial charge on any atom is -0.469 e. The van der Waals surface area contributed by atoms with Gasteiger partial charge >= 0.3 is 5.97 Å². The highest BCUT2D eigenvalue weighted by Crippen LogP contribution is 2.45. The molecular formula is C10H18O3. The van der Waals surface area contributed by atoms with Gasteiger partial charge in [-0.05, 0) is 32.1 Å². The van der Waals surface area contributed by atoms with Crippen molar-refractivity contribution in [3.8, 4) is 0 Å². The monoisotopic (exact) mass is 186 g/mol. The van der Waals surface area contributed by atoms with E-state index >= 15 is 0 Å². The van der Waals surface area contributed by atoms with Gasteiger partial charge < -0.3 is 9.84 Å². The third kappa shape index (κ3) is 1.85. The summed E-state index contributed by atoms with van der Waals surface area (Å²) in [7, 11) is 1.36. The number of esters is 1. The first-order chi connectivity index (χ1) is 6.06. The quantitative estimate of drug-likeness (QED) is 0.674. The van der Waals surface area contributed by atoms with E-state index in [4.69, 9.17) is 0 Å². The molecule has 0 heterocycles. The van der Waals surface area contributed by atoms with Crippen molar-refractivity contribution < 1.29 is 14.6 Å². The van der Waals surface area contributed by atoms with Crippen molar-refractivity contribution in [2.45, 2.75) is 38.7 Å². The molecule has 0 amide bonds. The molecule has 0 aromatic heterocycles. The number of rotatable bonds is 4. The molecule has 0 saturated heterocycles. The molecule has 1 aliphatic rings. The molecular weight excluding hydrogens is 168 g/mol. The molecule has 13 heavy (non-hydrogen) atoms. The lowest BCUT2D eigenvalue weighted by molar-refractivity contribution is -0.156. The summed E-state index contributed by atoms with van der Waals surface area (Å²) in [6.45, 7) is 3.66. The zero-order valence-corrected chi connectivity index (χ0v) is 8.54. The summed E-state index contributed by atoms with van der Waals surface area (Å²) in [5, 5.41) is 10.2. The fourth-order valence-corrected chi connectivity index (χ4v) is 1.91. The Morgan fingerprint density at radius 2 is 2.23 bits per heavy atom. The number of hydrogen-bond acceptors (Lipinski definition) is 3. The van der Waals surface area contributed by atoms with Crippen molar-refractivity contribution in [3.63, 3.8) is 0 Å². The van der Waals surface area contributed by atoms with Crippen molar-refractivity contribution >= 4 is 5.97 Å². The molecule has 0 spiro atoms. The summed E-state index contributed by atoms with van der Waals surface area (Å²) >= 11 is 0. The molecule has 1 fully saturated rings. The molecule has 3 nitrogen and oxygen atoms in total. The minimum atomic E-state index is -0.840. The summed E-state index contributed by atoms with van der Waals surface area (Å²) in [5.41, 5.74) is -0.840. The van der Waals surface area contributed by atoms with Gasteiger partial charge in [0.05, 0.1) is 18.6 Å². The fourth-order valence-electron chi connectivity index (χ4n) is 1.91. The second-order valence-corrected chi connectivity index (χ2v) is 3.86. The van der Waals surface area contributed by atoms with E-state index in [1.54, 1.807) is 6.92 Å². The van der Waals surface area contributed by atoms with Gasteiger partial charge in [0.1, 0.15) is 0 Å². The van der Waals surface area contributed by atoms with E-state index in [0.29, 0.717) is 12.3 Å². The van der Waals surface area contributed by atoms with Gasteiger partial charge in [-0.1, -0.05) is 6.92 Å². The third-order valence-electron chi connectivity index (χ3n) is 3.16. The number of ether oxygens (including phenoxy) is 1. The minimum absolute atomic E-state index is 0.298. The van der Waals surface area contributed by atoms with Gasteiger partial charge in [-0.3, -0.25) is 4.79 Å². The smallest absolute Gasteiger partial charge is 0.311 e. The molecule has 0 aromatic rings. The van der Waals surface area contributed by atoms with E-state index in [0.717, 1.165) is 12.8 Å². The standard InChI is InChI=1S/C10H18O3/c1-4-10(12,8-5-6-8)7(2)9(11)13-3/h7-8,12H,4-6H2,1-3H3. The van der Waals surface area contributed by atoms with Gasteiger partial charge in [0.25, 0.3) is 0 Å². The fraction of sp³-hybridized carbons (Fsp3) is 0.900. The predicted molar refractivity (Wildman–Crippen MR) is 49.1 cm³/mol. The van der Waals surface area contributed by atoms with Gasteiger partial charge in [-0.25, -0.2) is 0 Å². The topological polar surface area (TPSA) is 46.5 Å². The molecule has 2 unspecified atom stereocenters. The van der Waals surface area contributed by atoms with E-state index in [1.807, 2.05) is 6.92 Å². The molecule has 2 atom stereocenters. The van der Waals surface area contributed by atoms with Crippen molar-refractivity contribution in [3.05, 3.63) is 0 Å². The van der Waals surface area contributed by atoms with Crippen LogP contribution in [0, 0.1) is 11.8 Å². The normalized spacial score (nSPS) is 23.4. The van der Waals surface area contributed by atoms with E-state index in [-0.39, 0.29) is 5.97 Å². The lowest BCUT2D eigenvalue weighted by Crippen LogP contribution is -2.42. The van der Waals surface area contributed by atoms with Crippen LogP contribution in [0.3, 0.4) is 0 Å². The molecule has 0 bridgehead atoms. The molecule has 0 aromatic carbocycles. The molecule has 0 radical (unpaired) electrons. The maximum atomic E-state index is 11.3. The van der Waals surface area contributed by atoms with Crippen LogP contribution in [0.15, 0.2) is 0 Å². The Labute approximate surface area is 79.1 Å². The lowest BCUT2D eigenvalue weighted by Gasteiger charge is -2.31. The van der Waals surface area contributed by atoms with Gasteiger partial charge in [0, 0.05) is 0 Å². The number of carbonyl (C=O) groups excluding carboxylic acids is 1. The first-order valence-corrected chi connectivity index (χ1v) is 4.86. The Balaban J connectivity index is 2.69. The summed E-state index contributed by atoms with van der Waals surface area (Å²) < 4.78 is 4.64. The van der Waals surface area contributed by atoms with Crippen LogP contribution in [0.4, 0.5) is 0 Å². The highest BCUT2D eigenvalue weighted by Gasteiger charge is 2.48. The number of hydrogen-bond donors (Lipinski definition) is 1. The van der Waals surface area contributed by atoms with Gasteiger partial charge in [-0.15, -0.1) is 0 Å². The van der Waals surface area contributed by atoms with Crippen molar-refractivity contribution in [1.29, 1.82) is 0 Å². The van der Waals surface area contributed by atoms with Crippen LogP contribution in [0.5, 0.6) is 0 Å². The van der Waals surface area contributed by atoms with Gasteiger partial charge in [-0.2, -0.15) is 0 Å². The molecule has 1 saturated carbocycles. The molecule has 1 rings (SSSR count). The molecule has 0 aliphatic heterocycles. The van der Waals surface area contributed by atoms with Crippen LogP contribution < -0.4 is 0 Å². The zero-order valence-electron chi connectivity index (χ0n) is 8.54. The van der Waals surface area contributed by atoms with Crippen LogP contribution in [0.2, 0.25) is 0 Å². The Morgan fingerprint density at radius 1 is 1.69 bits per heavy atom. The highest BCUT2D eigenvalue weighted by molar-refractivity contribution is 5.73. The van der Waals surface area contributed by atoms with E-state index < -0.39 is 11.5 Å². The zero-order chi connectivity index (χ0) is 10.1. The Kier molecular flexibility index (Phi) is 2.96. The second kappa shape index (κ2) is 3.66. The number of aliphatic hydroxyl groups is 1. The van der Waals surface area contributed by atoms with Crippen molar-refractivity contribution in [1.82, 2.24) is 0 Å². The first-order valence-electron chi connectivity index (χ1n) is 4.86. The Bertz CT molecular complexity index is 198. The maximum Gasteiger partial charge on any atom is 0.311 e. The van der Waals surface area contributed by atoms with Crippen LogP contribution in [0.1, 0.15) is 33.1 Å². The average Bonchev–Trinajstić information content (AvgIpc) is 2.97. The molecule has 1 N–H and O–H groups in total. The van der Waals surface area contributed by atoms with Crippen molar-refractivity contribution in [2.24, 2.45) is 11.8 Å². The third-order valence-corrected chi connectivity index (χ3v) is 3.16. The molecule has 3 heteroatoms. The summed E-state index contributed by atoms with van der Waals surface area (Å²) in [4.78, 5) is 11.3.